The highest BCUT2D eigenvalue weighted by Gasteiger charge is 2.07. The number of carboxylic acids is 1. The molecular formula is C13H10N2O2S. The number of hydrogen-bond donors (Lipinski definition) is 2. The van der Waals surface area contributed by atoms with Gasteiger partial charge in [0.1, 0.15) is 5.82 Å². The van der Waals surface area contributed by atoms with Crippen LogP contribution >= 0.6 is 11.3 Å². The minimum Gasteiger partial charge on any atom is -0.481 e. The Kier molecular flexibility index (Phi) is 2.60. The van der Waals surface area contributed by atoms with Crippen LogP contribution in [0.25, 0.3) is 21.7 Å². The van der Waals surface area contributed by atoms with E-state index >= 15 is 0 Å². The van der Waals surface area contributed by atoms with Gasteiger partial charge in [-0.05, 0) is 29.1 Å². The van der Waals surface area contributed by atoms with Crippen LogP contribution in [0.1, 0.15) is 5.56 Å². The molecule has 0 fully saturated rings. The second-order valence-electron chi connectivity index (χ2n) is 3.98. The lowest BCUT2D eigenvalue weighted by molar-refractivity contribution is -0.136. The average Bonchev–Trinajstić information content (AvgIpc) is 2.95. The molecule has 0 aliphatic carbocycles. The Labute approximate surface area is 107 Å². The van der Waals surface area contributed by atoms with Crippen molar-refractivity contribution in [2.45, 2.75) is 6.42 Å². The summed E-state index contributed by atoms with van der Waals surface area (Å²) in [6.45, 7) is 0. The third-order valence-electron chi connectivity index (χ3n) is 2.66. The largest absolute Gasteiger partial charge is 0.481 e. The maximum atomic E-state index is 10.7. The lowest BCUT2D eigenvalue weighted by Gasteiger charge is -1.95. The van der Waals surface area contributed by atoms with Gasteiger partial charge in [-0.2, -0.15) is 0 Å². The van der Waals surface area contributed by atoms with Gasteiger partial charge in [-0.1, -0.05) is 12.1 Å². The smallest absolute Gasteiger partial charge is 0.307 e. The lowest BCUT2D eigenvalue weighted by atomic mass is 10.1. The summed E-state index contributed by atoms with van der Waals surface area (Å²) in [5.41, 5.74) is 2.50. The van der Waals surface area contributed by atoms with Crippen molar-refractivity contribution < 1.29 is 9.90 Å². The summed E-state index contributed by atoms with van der Waals surface area (Å²) in [5.74, 6) is -0.000166. The highest BCUT2D eigenvalue weighted by atomic mass is 32.1. The molecule has 3 aromatic rings. The normalized spacial score (nSPS) is 10.9. The number of carbonyl (C=O) groups is 1. The van der Waals surface area contributed by atoms with E-state index in [4.69, 9.17) is 5.11 Å². The van der Waals surface area contributed by atoms with Crippen LogP contribution in [-0.4, -0.2) is 21.0 Å². The fourth-order valence-corrected chi connectivity index (χ4v) is 2.54. The van der Waals surface area contributed by atoms with Crippen molar-refractivity contribution in [3.8, 4) is 10.7 Å². The summed E-state index contributed by atoms with van der Waals surface area (Å²) in [6, 6.07) is 9.47. The molecule has 3 rings (SSSR count). The molecule has 0 aliphatic rings. The van der Waals surface area contributed by atoms with Gasteiger partial charge < -0.3 is 10.1 Å². The van der Waals surface area contributed by atoms with Crippen molar-refractivity contribution in [1.82, 2.24) is 9.97 Å². The number of nitrogens with zero attached hydrogens (tertiary/aromatic N) is 1. The number of aromatic amines is 1. The van der Waals surface area contributed by atoms with Crippen molar-refractivity contribution in [2.75, 3.05) is 0 Å². The second-order valence-corrected chi connectivity index (χ2v) is 4.93. The van der Waals surface area contributed by atoms with Crippen molar-refractivity contribution in [3.05, 3.63) is 41.3 Å². The summed E-state index contributed by atoms with van der Waals surface area (Å²) in [6.07, 6.45) is 0.0310. The first-order chi connectivity index (χ1) is 8.72. The molecule has 18 heavy (non-hydrogen) atoms. The van der Waals surface area contributed by atoms with E-state index in [-0.39, 0.29) is 6.42 Å². The predicted molar refractivity (Wildman–Crippen MR) is 70.7 cm³/mol. The van der Waals surface area contributed by atoms with Crippen molar-refractivity contribution in [2.24, 2.45) is 0 Å². The van der Waals surface area contributed by atoms with Gasteiger partial charge >= 0.3 is 5.97 Å². The third kappa shape index (κ3) is 2.00. The molecule has 4 nitrogen and oxygen atoms in total. The molecule has 0 amide bonds. The third-order valence-corrected chi connectivity index (χ3v) is 3.53. The molecule has 0 atom stereocenters. The molecule has 0 aliphatic heterocycles. The van der Waals surface area contributed by atoms with E-state index in [0.29, 0.717) is 0 Å². The summed E-state index contributed by atoms with van der Waals surface area (Å²) in [7, 11) is 0. The van der Waals surface area contributed by atoms with Crippen LogP contribution in [0.5, 0.6) is 0 Å². The number of H-pyrrole nitrogens is 1. The monoisotopic (exact) mass is 258 g/mol. The van der Waals surface area contributed by atoms with E-state index in [1.54, 1.807) is 17.4 Å². The van der Waals surface area contributed by atoms with E-state index in [1.165, 1.54) is 0 Å². The Morgan fingerprint density at radius 2 is 2.28 bits per heavy atom. The van der Waals surface area contributed by atoms with Gasteiger partial charge in [-0.3, -0.25) is 4.79 Å². The Morgan fingerprint density at radius 1 is 1.39 bits per heavy atom. The average molecular weight is 258 g/mol. The number of thiophene rings is 1. The minimum atomic E-state index is -0.827. The van der Waals surface area contributed by atoms with Gasteiger partial charge in [-0.15, -0.1) is 11.3 Å². The summed E-state index contributed by atoms with van der Waals surface area (Å²) < 4.78 is 0. The van der Waals surface area contributed by atoms with Gasteiger partial charge in [-0.25, -0.2) is 4.98 Å². The summed E-state index contributed by atoms with van der Waals surface area (Å²) in [4.78, 5) is 19.4. The van der Waals surface area contributed by atoms with Gasteiger partial charge in [0.15, 0.2) is 0 Å². The molecule has 0 unspecified atom stereocenters. The quantitative estimate of drug-likeness (QED) is 0.759. The SMILES string of the molecule is O=C(O)Cc1ccc2nc(-c3cccs3)[nH]c2c1. The van der Waals surface area contributed by atoms with Crippen LogP contribution in [0.2, 0.25) is 0 Å². The maximum Gasteiger partial charge on any atom is 0.307 e. The molecule has 0 saturated heterocycles. The van der Waals surface area contributed by atoms with Crippen LogP contribution in [-0.2, 0) is 11.2 Å². The number of nitrogens with one attached hydrogen (secondary N) is 1. The van der Waals surface area contributed by atoms with Crippen LogP contribution in [0, 0.1) is 0 Å². The zero-order valence-electron chi connectivity index (χ0n) is 9.38. The number of imidazole rings is 1. The van der Waals surface area contributed by atoms with Gasteiger partial charge in [0.2, 0.25) is 0 Å². The molecule has 0 saturated carbocycles. The minimum absolute atomic E-state index is 0.0310. The number of rotatable bonds is 3. The fraction of sp³-hybridized carbons (Fsp3) is 0.0769. The first-order valence-electron chi connectivity index (χ1n) is 5.47. The molecule has 1 aromatic carbocycles. The standard InChI is InChI=1S/C13H10N2O2S/c16-12(17)7-8-3-4-9-10(6-8)15-13(14-9)11-2-1-5-18-11/h1-6H,7H2,(H,14,15)(H,16,17). The molecule has 2 heterocycles. The molecular weight excluding hydrogens is 248 g/mol. The number of benzene rings is 1. The molecule has 0 spiro atoms. The number of fused-ring (bicyclic) bond motifs is 1. The number of aliphatic carboxylic acids is 1. The summed E-state index contributed by atoms with van der Waals surface area (Å²) in [5, 5.41) is 10.8. The van der Waals surface area contributed by atoms with Crippen LogP contribution in [0.4, 0.5) is 0 Å². The van der Waals surface area contributed by atoms with Crippen molar-refractivity contribution in [3.63, 3.8) is 0 Å². The highest BCUT2D eigenvalue weighted by molar-refractivity contribution is 7.13. The van der Waals surface area contributed by atoms with E-state index < -0.39 is 5.97 Å². The highest BCUT2D eigenvalue weighted by Crippen LogP contribution is 2.24. The van der Waals surface area contributed by atoms with E-state index in [1.807, 2.05) is 29.6 Å². The van der Waals surface area contributed by atoms with Crippen LogP contribution < -0.4 is 0 Å². The Morgan fingerprint density at radius 3 is 3.00 bits per heavy atom. The fourth-order valence-electron chi connectivity index (χ4n) is 1.87. The Balaban J connectivity index is 2.04. The number of carboxylic acid groups (broad SMARTS) is 1. The van der Waals surface area contributed by atoms with E-state index in [9.17, 15) is 4.79 Å². The van der Waals surface area contributed by atoms with Gasteiger partial charge in [0.25, 0.3) is 0 Å². The second kappa shape index (κ2) is 4.27. The summed E-state index contributed by atoms with van der Waals surface area (Å²) >= 11 is 1.62. The molecule has 2 aromatic heterocycles. The maximum absolute atomic E-state index is 10.7. The molecule has 5 heteroatoms. The molecule has 90 valence electrons. The van der Waals surface area contributed by atoms with Crippen LogP contribution in [0.15, 0.2) is 35.7 Å². The Bertz CT molecular complexity index is 701. The molecule has 0 radical (unpaired) electrons. The van der Waals surface area contributed by atoms with Gasteiger partial charge in [0.05, 0.1) is 22.3 Å². The van der Waals surface area contributed by atoms with Gasteiger partial charge in [0, 0.05) is 0 Å². The zero-order chi connectivity index (χ0) is 12.5. The van der Waals surface area contributed by atoms with E-state index in [2.05, 4.69) is 9.97 Å². The number of hydrogen-bond acceptors (Lipinski definition) is 3. The topological polar surface area (TPSA) is 66.0 Å². The molecule has 2 N–H and O–H groups in total. The van der Waals surface area contributed by atoms with E-state index in [0.717, 1.165) is 27.3 Å². The first kappa shape index (κ1) is 11.0. The lowest BCUT2D eigenvalue weighted by Crippen LogP contribution is -1.99. The Hall–Kier alpha value is -2.14. The number of aromatic nitrogens is 2. The predicted octanol–water partition coefficient (Wildman–Crippen LogP) is 2.92. The first-order valence-corrected chi connectivity index (χ1v) is 6.34. The van der Waals surface area contributed by atoms with Crippen molar-refractivity contribution in [1.29, 1.82) is 0 Å². The van der Waals surface area contributed by atoms with Crippen LogP contribution in [0.3, 0.4) is 0 Å². The van der Waals surface area contributed by atoms with Crippen molar-refractivity contribution >= 4 is 28.3 Å². The zero-order valence-corrected chi connectivity index (χ0v) is 10.2. The molecule has 0 bridgehead atoms.